The molecule has 0 unspecified atom stereocenters. The van der Waals surface area contributed by atoms with E-state index in [2.05, 4.69) is 41.5 Å². The van der Waals surface area contributed by atoms with Gasteiger partial charge < -0.3 is 5.11 Å². The summed E-state index contributed by atoms with van der Waals surface area (Å²) in [5.74, 6) is -1.02. The van der Waals surface area contributed by atoms with E-state index in [1.54, 1.807) is 11.1 Å². The number of allylic oxidation sites excluding steroid dienone is 2. The van der Waals surface area contributed by atoms with Gasteiger partial charge in [0.1, 0.15) is 0 Å². The highest BCUT2D eigenvalue weighted by atomic mass is 16.3. The largest absolute Gasteiger partial charge is 0.393 e. The van der Waals surface area contributed by atoms with E-state index >= 15 is 0 Å². The standard InChI is InChI=1S/C30H52O/c1-20(2)10-9-11-21(3)22-14-18-30(8)24-12-13-25-27(4,5)26(31)16-17-28(25,6)23(24)15-19-29(22,30)7/h20-22,25-26,31H,9-19H2,1-8H3/t21-,22-,25+,26+,28-,29-,30+/m1/s1/i1D3,2D3,20D. The van der Waals surface area contributed by atoms with E-state index in [9.17, 15) is 5.11 Å². The molecule has 4 rings (SSSR count). The van der Waals surface area contributed by atoms with Crippen LogP contribution in [0, 0.1) is 45.3 Å². The molecular weight excluding hydrogens is 376 g/mol. The summed E-state index contributed by atoms with van der Waals surface area (Å²) in [7, 11) is 0. The van der Waals surface area contributed by atoms with Crippen molar-refractivity contribution in [1.82, 2.24) is 0 Å². The van der Waals surface area contributed by atoms with Crippen LogP contribution in [0.15, 0.2) is 11.1 Å². The summed E-state index contributed by atoms with van der Waals surface area (Å²) in [6.07, 6.45) is 9.76. The second kappa shape index (κ2) is 7.89. The first-order valence-corrected chi connectivity index (χ1v) is 13.1. The summed E-state index contributed by atoms with van der Waals surface area (Å²) in [5.41, 5.74) is 3.86. The molecule has 0 aromatic heterocycles. The molecule has 0 saturated heterocycles. The van der Waals surface area contributed by atoms with Crippen LogP contribution in [-0.4, -0.2) is 11.2 Å². The predicted octanol–water partition coefficient (Wildman–Crippen LogP) is 8.56. The van der Waals surface area contributed by atoms with Gasteiger partial charge in [0, 0.05) is 9.60 Å². The van der Waals surface area contributed by atoms with Gasteiger partial charge >= 0.3 is 0 Å². The summed E-state index contributed by atoms with van der Waals surface area (Å²) in [6.45, 7) is 8.66. The van der Waals surface area contributed by atoms with E-state index in [1.165, 1.54) is 6.42 Å². The SMILES string of the molecule is [2H]C([2H])([2H])C([2H])(CCC[C@@H](C)[C@H]1CC[C@@]2(C)C3=C(CC[C@]12C)[C@@]1(C)CC[C@H](O)C(C)(C)[C@@H]1CC3)C([2H])([2H])[2H]. The Bertz CT molecular complexity index is 935. The minimum atomic E-state index is -2.83. The van der Waals surface area contributed by atoms with Crippen molar-refractivity contribution in [3.05, 3.63) is 11.1 Å². The van der Waals surface area contributed by atoms with Crippen molar-refractivity contribution in [2.45, 2.75) is 132 Å². The first-order valence-electron chi connectivity index (χ1n) is 16.6. The van der Waals surface area contributed by atoms with E-state index in [4.69, 9.17) is 9.60 Å². The van der Waals surface area contributed by atoms with Crippen molar-refractivity contribution < 1.29 is 14.7 Å². The van der Waals surface area contributed by atoms with Gasteiger partial charge in [-0.05, 0) is 96.7 Å². The van der Waals surface area contributed by atoms with E-state index in [0.29, 0.717) is 24.2 Å². The molecule has 0 bridgehead atoms. The maximum atomic E-state index is 10.8. The lowest BCUT2D eigenvalue weighted by Crippen LogP contribution is -2.55. The zero-order chi connectivity index (χ0) is 28.7. The van der Waals surface area contributed by atoms with E-state index in [1.807, 2.05) is 0 Å². The monoisotopic (exact) mass is 435 g/mol. The van der Waals surface area contributed by atoms with Crippen LogP contribution in [0.2, 0.25) is 0 Å². The normalized spacial score (nSPS) is 49.8. The third-order valence-corrected chi connectivity index (χ3v) is 11.6. The molecule has 2 fully saturated rings. The van der Waals surface area contributed by atoms with Crippen LogP contribution in [-0.2, 0) is 0 Å². The maximum absolute atomic E-state index is 10.8. The molecule has 1 N–H and O–H groups in total. The third kappa shape index (κ3) is 3.41. The van der Waals surface area contributed by atoms with E-state index in [-0.39, 0.29) is 34.2 Å². The van der Waals surface area contributed by atoms with Crippen LogP contribution in [0.1, 0.15) is 135 Å². The van der Waals surface area contributed by atoms with Gasteiger partial charge in [-0.3, -0.25) is 0 Å². The Hall–Kier alpha value is -0.300. The molecule has 31 heavy (non-hydrogen) atoms. The Balaban J connectivity index is 1.54. The van der Waals surface area contributed by atoms with Crippen LogP contribution in [0.25, 0.3) is 0 Å². The minimum Gasteiger partial charge on any atom is -0.393 e. The second-order valence-corrected chi connectivity index (χ2v) is 13.1. The number of rotatable bonds is 5. The Morgan fingerprint density at radius 2 is 1.71 bits per heavy atom. The first-order chi connectivity index (χ1) is 17.2. The number of fused-ring (bicyclic) bond motifs is 4. The summed E-state index contributed by atoms with van der Waals surface area (Å²) in [4.78, 5) is 0. The van der Waals surface area contributed by atoms with Gasteiger partial charge in [-0.15, -0.1) is 0 Å². The molecule has 1 heteroatoms. The molecule has 0 heterocycles. The number of aliphatic hydroxyl groups excluding tert-OH is 1. The quantitative estimate of drug-likeness (QED) is 0.429. The summed E-state index contributed by atoms with van der Waals surface area (Å²) in [6, 6.07) is 0. The Morgan fingerprint density at radius 3 is 2.42 bits per heavy atom. The molecule has 1 nitrogen and oxygen atoms in total. The lowest BCUT2D eigenvalue weighted by atomic mass is 9.43. The highest BCUT2D eigenvalue weighted by Crippen LogP contribution is 2.72. The molecule has 2 saturated carbocycles. The molecular formula is C30H52O. The van der Waals surface area contributed by atoms with Gasteiger partial charge in [-0.1, -0.05) is 85.7 Å². The molecule has 178 valence electrons. The molecule has 0 amide bonds. The third-order valence-electron chi connectivity index (χ3n) is 11.6. The summed E-state index contributed by atoms with van der Waals surface area (Å²) in [5, 5.41) is 10.8. The van der Waals surface area contributed by atoms with Crippen LogP contribution >= 0.6 is 0 Å². The zero-order valence-corrected chi connectivity index (χ0v) is 21.0. The molecule has 0 aromatic rings. The van der Waals surface area contributed by atoms with E-state index in [0.717, 1.165) is 51.4 Å². The first kappa shape index (κ1) is 16.3. The predicted molar refractivity (Wildman–Crippen MR) is 133 cm³/mol. The lowest BCUT2D eigenvalue weighted by Gasteiger charge is -2.62. The van der Waals surface area contributed by atoms with Crippen molar-refractivity contribution in [2.75, 3.05) is 0 Å². The average Bonchev–Trinajstić information content (AvgIpc) is 3.06. The van der Waals surface area contributed by atoms with Crippen molar-refractivity contribution in [3.63, 3.8) is 0 Å². The number of hydrogen-bond donors (Lipinski definition) is 1. The maximum Gasteiger partial charge on any atom is 0.0594 e. The van der Waals surface area contributed by atoms with E-state index < -0.39 is 19.6 Å². The summed E-state index contributed by atoms with van der Waals surface area (Å²) < 4.78 is 54.8. The summed E-state index contributed by atoms with van der Waals surface area (Å²) >= 11 is 0. The highest BCUT2D eigenvalue weighted by Gasteiger charge is 2.63. The molecule has 7 atom stereocenters. The zero-order valence-electron chi connectivity index (χ0n) is 28.0. The van der Waals surface area contributed by atoms with Gasteiger partial charge in [-0.2, -0.15) is 0 Å². The van der Waals surface area contributed by atoms with Gasteiger partial charge in [-0.25, -0.2) is 0 Å². The van der Waals surface area contributed by atoms with Crippen LogP contribution in [0.4, 0.5) is 0 Å². The number of aliphatic hydroxyl groups is 1. The highest BCUT2D eigenvalue weighted by molar-refractivity contribution is 5.38. The second-order valence-electron chi connectivity index (χ2n) is 13.1. The van der Waals surface area contributed by atoms with Gasteiger partial charge in [0.25, 0.3) is 0 Å². The van der Waals surface area contributed by atoms with Crippen molar-refractivity contribution in [3.8, 4) is 0 Å². The van der Waals surface area contributed by atoms with Gasteiger partial charge in [0.2, 0.25) is 0 Å². The van der Waals surface area contributed by atoms with Crippen molar-refractivity contribution in [1.29, 1.82) is 0 Å². The fraction of sp³-hybridized carbons (Fsp3) is 0.933. The smallest absolute Gasteiger partial charge is 0.0594 e. The van der Waals surface area contributed by atoms with Crippen LogP contribution in [0.5, 0.6) is 0 Å². The Labute approximate surface area is 203 Å². The fourth-order valence-electron chi connectivity index (χ4n) is 9.43. The molecule has 0 radical (unpaired) electrons. The minimum absolute atomic E-state index is 0.0591. The van der Waals surface area contributed by atoms with Crippen molar-refractivity contribution in [2.24, 2.45) is 45.3 Å². The molecule has 4 aliphatic rings. The molecule has 4 aliphatic carbocycles. The Kier molecular flexibility index (Phi) is 4.16. The fourth-order valence-corrected chi connectivity index (χ4v) is 9.43. The van der Waals surface area contributed by atoms with Crippen molar-refractivity contribution >= 4 is 0 Å². The molecule has 0 spiro atoms. The molecule has 0 aliphatic heterocycles. The van der Waals surface area contributed by atoms with Gasteiger partial charge in [0.05, 0.1) is 6.10 Å². The Morgan fingerprint density at radius 1 is 0.968 bits per heavy atom. The topological polar surface area (TPSA) is 20.2 Å². The van der Waals surface area contributed by atoms with Gasteiger partial charge in [0.15, 0.2) is 0 Å². The molecule has 0 aromatic carbocycles. The van der Waals surface area contributed by atoms with Crippen LogP contribution < -0.4 is 0 Å². The van der Waals surface area contributed by atoms with Crippen LogP contribution in [0.3, 0.4) is 0 Å². The number of hydrogen-bond acceptors (Lipinski definition) is 1. The average molecular weight is 436 g/mol. The lowest BCUT2D eigenvalue weighted by molar-refractivity contribution is -0.0962.